The highest BCUT2D eigenvalue weighted by molar-refractivity contribution is 5.89. The summed E-state index contributed by atoms with van der Waals surface area (Å²) < 4.78 is 15.8. The van der Waals surface area contributed by atoms with E-state index in [0.29, 0.717) is 19.1 Å². The lowest BCUT2D eigenvalue weighted by Crippen LogP contribution is -2.34. The molecule has 2 N–H and O–H groups in total. The Kier molecular flexibility index (Phi) is 7.19. The Morgan fingerprint density at radius 3 is 2.38 bits per heavy atom. The van der Waals surface area contributed by atoms with Crippen molar-refractivity contribution in [2.75, 3.05) is 51.2 Å². The first-order valence-corrected chi connectivity index (χ1v) is 9.72. The van der Waals surface area contributed by atoms with Crippen LogP contribution in [0.2, 0.25) is 0 Å². The highest BCUT2D eigenvalue weighted by Crippen LogP contribution is 2.31. The smallest absolute Gasteiger partial charge is 0.319 e. The quantitative estimate of drug-likeness (QED) is 0.711. The van der Waals surface area contributed by atoms with Gasteiger partial charge in [-0.15, -0.1) is 0 Å². The van der Waals surface area contributed by atoms with Crippen molar-refractivity contribution in [3.8, 4) is 11.5 Å². The molecule has 0 radical (unpaired) electrons. The van der Waals surface area contributed by atoms with E-state index < -0.39 is 0 Å². The summed E-state index contributed by atoms with van der Waals surface area (Å²) in [6, 6.07) is 13.3. The maximum absolute atomic E-state index is 12.2. The fourth-order valence-electron chi connectivity index (χ4n) is 3.47. The normalized spacial score (nSPS) is 15.8. The van der Waals surface area contributed by atoms with Crippen LogP contribution in [0.3, 0.4) is 0 Å². The van der Waals surface area contributed by atoms with Gasteiger partial charge >= 0.3 is 6.03 Å². The number of anilines is 2. The Labute approximate surface area is 171 Å². The van der Waals surface area contributed by atoms with Crippen molar-refractivity contribution in [1.29, 1.82) is 0 Å². The number of carbonyl (C=O) groups is 1. The van der Waals surface area contributed by atoms with Gasteiger partial charge in [-0.3, -0.25) is 0 Å². The molecule has 2 aromatic rings. The van der Waals surface area contributed by atoms with Crippen LogP contribution < -0.4 is 25.0 Å². The van der Waals surface area contributed by atoms with Crippen LogP contribution in [-0.4, -0.2) is 47.0 Å². The predicted molar refractivity (Wildman–Crippen MR) is 114 cm³/mol. The maximum Gasteiger partial charge on any atom is 0.319 e. The Morgan fingerprint density at radius 2 is 1.76 bits per heavy atom. The molecule has 0 bridgehead atoms. The minimum atomic E-state index is -0.189. The third kappa shape index (κ3) is 5.77. The summed E-state index contributed by atoms with van der Waals surface area (Å²) in [4.78, 5) is 14.5. The van der Waals surface area contributed by atoms with Gasteiger partial charge in [0.05, 0.1) is 20.8 Å². The van der Waals surface area contributed by atoms with Gasteiger partial charge in [-0.2, -0.15) is 0 Å². The number of urea groups is 1. The average Bonchev–Trinajstić information content (AvgIpc) is 3.22. The molecule has 1 aliphatic rings. The van der Waals surface area contributed by atoms with E-state index in [0.717, 1.165) is 47.9 Å². The van der Waals surface area contributed by atoms with Gasteiger partial charge in [0.15, 0.2) is 0 Å². The Hall–Kier alpha value is -2.93. The lowest BCUT2D eigenvalue weighted by Gasteiger charge is -2.20. The zero-order valence-corrected chi connectivity index (χ0v) is 17.2. The van der Waals surface area contributed by atoms with Crippen LogP contribution in [0.5, 0.6) is 11.5 Å². The first kappa shape index (κ1) is 20.8. The molecule has 0 spiro atoms. The highest BCUT2D eigenvalue weighted by Gasteiger charge is 2.24. The summed E-state index contributed by atoms with van der Waals surface area (Å²) in [5.74, 6) is 1.94. The van der Waals surface area contributed by atoms with Gasteiger partial charge in [-0.1, -0.05) is 12.1 Å². The van der Waals surface area contributed by atoms with Crippen LogP contribution in [0, 0.1) is 5.92 Å². The van der Waals surface area contributed by atoms with Crippen molar-refractivity contribution in [3.63, 3.8) is 0 Å². The lowest BCUT2D eigenvalue weighted by atomic mass is 10.1. The molecule has 1 unspecified atom stereocenters. The molecule has 2 aromatic carbocycles. The third-order valence-electron chi connectivity index (χ3n) is 5.06. The van der Waals surface area contributed by atoms with Gasteiger partial charge < -0.3 is 29.7 Å². The SMILES string of the molecule is COCc1ccc(NC(=O)NCC2CCN(c3cc(OC)cc(OC)c3)C2)cc1. The number of nitrogens with zero attached hydrogens (tertiary/aromatic N) is 1. The van der Waals surface area contributed by atoms with E-state index in [9.17, 15) is 4.79 Å². The van der Waals surface area contributed by atoms with E-state index in [4.69, 9.17) is 14.2 Å². The second-order valence-electron chi connectivity index (χ2n) is 7.14. The Morgan fingerprint density at radius 1 is 1.07 bits per heavy atom. The van der Waals surface area contributed by atoms with Gasteiger partial charge in [0, 0.05) is 56.3 Å². The van der Waals surface area contributed by atoms with Crippen molar-refractivity contribution in [2.45, 2.75) is 13.0 Å². The van der Waals surface area contributed by atoms with Crippen LogP contribution in [0.15, 0.2) is 42.5 Å². The highest BCUT2D eigenvalue weighted by atomic mass is 16.5. The molecular formula is C22H29N3O4. The number of nitrogens with one attached hydrogen (secondary N) is 2. The zero-order valence-electron chi connectivity index (χ0n) is 17.2. The summed E-state index contributed by atoms with van der Waals surface area (Å²) in [5, 5.41) is 5.85. The summed E-state index contributed by atoms with van der Waals surface area (Å²) >= 11 is 0. The summed E-state index contributed by atoms with van der Waals surface area (Å²) in [7, 11) is 4.96. The van der Waals surface area contributed by atoms with Crippen molar-refractivity contribution in [3.05, 3.63) is 48.0 Å². The molecule has 156 valence electrons. The Bertz CT molecular complexity index is 788. The van der Waals surface area contributed by atoms with Crippen LogP contribution >= 0.6 is 0 Å². The molecule has 1 aliphatic heterocycles. The molecule has 2 amide bonds. The molecule has 1 saturated heterocycles. The van der Waals surface area contributed by atoms with E-state index in [1.165, 1.54) is 0 Å². The first-order valence-electron chi connectivity index (χ1n) is 9.72. The van der Waals surface area contributed by atoms with Gasteiger partial charge in [-0.25, -0.2) is 4.79 Å². The molecule has 7 heteroatoms. The number of rotatable bonds is 8. The van der Waals surface area contributed by atoms with E-state index in [1.54, 1.807) is 21.3 Å². The molecule has 3 rings (SSSR count). The number of hydrogen-bond donors (Lipinski definition) is 2. The molecule has 0 aliphatic carbocycles. The van der Waals surface area contributed by atoms with E-state index in [2.05, 4.69) is 15.5 Å². The van der Waals surface area contributed by atoms with Crippen LogP contribution in [0.4, 0.5) is 16.2 Å². The summed E-state index contributed by atoms with van der Waals surface area (Å²) in [5.41, 5.74) is 2.90. The van der Waals surface area contributed by atoms with Gasteiger partial charge in [0.25, 0.3) is 0 Å². The van der Waals surface area contributed by atoms with Crippen LogP contribution in [0.25, 0.3) is 0 Å². The van der Waals surface area contributed by atoms with Crippen LogP contribution in [-0.2, 0) is 11.3 Å². The van der Waals surface area contributed by atoms with Crippen LogP contribution in [0.1, 0.15) is 12.0 Å². The number of methoxy groups -OCH3 is 3. The predicted octanol–water partition coefficient (Wildman–Crippen LogP) is 3.50. The fourth-order valence-corrected chi connectivity index (χ4v) is 3.47. The molecule has 29 heavy (non-hydrogen) atoms. The van der Waals surface area contributed by atoms with Crippen molar-refractivity contribution >= 4 is 17.4 Å². The van der Waals surface area contributed by atoms with Crippen molar-refractivity contribution < 1.29 is 19.0 Å². The first-order chi connectivity index (χ1) is 14.1. The second-order valence-corrected chi connectivity index (χ2v) is 7.14. The third-order valence-corrected chi connectivity index (χ3v) is 5.06. The standard InChI is InChI=1S/C22H29N3O4/c1-27-15-16-4-6-18(7-5-16)24-22(26)23-13-17-8-9-25(14-17)19-10-20(28-2)12-21(11-19)29-3/h4-7,10-12,17H,8-9,13-15H2,1-3H3,(H2,23,24,26). The van der Waals surface area contributed by atoms with Gasteiger partial charge in [0.1, 0.15) is 11.5 Å². The summed E-state index contributed by atoms with van der Waals surface area (Å²) in [6.45, 7) is 3.00. The van der Waals surface area contributed by atoms with E-state index in [-0.39, 0.29) is 6.03 Å². The number of benzene rings is 2. The molecule has 0 saturated carbocycles. The maximum atomic E-state index is 12.2. The monoisotopic (exact) mass is 399 g/mol. The number of ether oxygens (including phenoxy) is 3. The minimum absolute atomic E-state index is 0.189. The lowest BCUT2D eigenvalue weighted by molar-refractivity contribution is 0.185. The van der Waals surface area contributed by atoms with Crippen molar-refractivity contribution in [2.24, 2.45) is 5.92 Å². The molecule has 0 aromatic heterocycles. The Balaban J connectivity index is 1.48. The largest absolute Gasteiger partial charge is 0.497 e. The van der Waals surface area contributed by atoms with E-state index in [1.807, 2.05) is 42.5 Å². The minimum Gasteiger partial charge on any atom is -0.497 e. The second kappa shape index (κ2) is 10.0. The molecule has 1 heterocycles. The molecule has 1 atom stereocenters. The zero-order chi connectivity index (χ0) is 20.6. The summed E-state index contributed by atoms with van der Waals surface area (Å²) in [6.07, 6.45) is 1.02. The fraction of sp³-hybridized carbons (Fsp3) is 0.409. The topological polar surface area (TPSA) is 72.1 Å². The van der Waals surface area contributed by atoms with E-state index >= 15 is 0 Å². The van der Waals surface area contributed by atoms with Gasteiger partial charge in [-0.05, 0) is 30.0 Å². The molecule has 7 nitrogen and oxygen atoms in total. The van der Waals surface area contributed by atoms with Gasteiger partial charge in [0.2, 0.25) is 0 Å². The number of hydrogen-bond acceptors (Lipinski definition) is 5. The molecule has 1 fully saturated rings. The average molecular weight is 399 g/mol. The van der Waals surface area contributed by atoms with Crippen molar-refractivity contribution in [1.82, 2.24) is 5.32 Å². The number of amides is 2. The molecular weight excluding hydrogens is 370 g/mol. The number of carbonyl (C=O) groups excluding carboxylic acids is 1.